The van der Waals surface area contributed by atoms with Gasteiger partial charge in [0.1, 0.15) is 5.75 Å². The van der Waals surface area contributed by atoms with Gasteiger partial charge in [0.2, 0.25) is 0 Å². The number of rotatable bonds is 6. The molecule has 0 unspecified atom stereocenters. The molecule has 0 spiro atoms. The number of hydrogen-bond acceptors (Lipinski definition) is 1. The molecule has 0 amide bonds. The van der Waals surface area contributed by atoms with Crippen LogP contribution >= 0.6 is 0 Å². The molecular weight excluding hydrogens is 232 g/mol. The standard InChI is InChI=1S/C18H30O/c1-7-12(4)15-10-11-16(19)18(14(6)9-3)17(15)13(5)8-2/h10-14,19H,7-9H2,1-6H3/t12-,13-,14-/m0/s1. The SMILES string of the molecule is CC[C@H](C)c1ccc(O)c([C@@H](C)CC)c1[C@@H](C)CC. The molecule has 0 saturated carbocycles. The molecule has 1 heteroatoms. The van der Waals surface area contributed by atoms with Crippen molar-refractivity contribution >= 4 is 0 Å². The Hall–Kier alpha value is -0.980. The minimum absolute atomic E-state index is 0.424. The molecule has 1 nitrogen and oxygen atoms in total. The summed E-state index contributed by atoms with van der Waals surface area (Å²) in [7, 11) is 0. The molecule has 0 aromatic heterocycles. The van der Waals surface area contributed by atoms with Gasteiger partial charge in [0.05, 0.1) is 0 Å². The van der Waals surface area contributed by atoms with Gasteiger partial charge in [0.25, 0.3) is 0 Å². The first-order chi connectivity index (χ1) is 8.97. The van der Waals surface area contributed by atoms with E-state index in [0.29, 0.717) is 23.5 Å². The average Bonchev–Trinajstić information content (AvgIpc) is 2.44. The third-order valence-electron chi connectivity index (χ3n) is 4.65. The van der Waals surface area contributed by atoms with Gasteiger partial charge < -0.3 is 5.11 Å². The van der Waals surface area contributed by atoms with Crippen LogP contribution in [0.3, 0.4) is 0 Å². The highest BCUT2D eigenvalue weighted by molar-refractivity contribution is 5.49. The van der Waals surface area contributed by atoms with E-state index in [4.69, 9.17) is 0 Å². The molecule has 0 aliphatic carbocycles. The van der Waals surface area contributed by atoms with Crippen LogP contribution in [0.1, 0.15) is 95.2 Å². The molecule has 0 radical (unpaired) electrons. The normalized spacial score (nSPS) is 16.1. The van der Waals surface area contributed by atoms with Crippen molar-refractivity contribution in [1.29, 1.82) is 0 Å². The van der Waals surface area contributed by atoms with Gasteiger partial charge in [-0.1, -0.05) is 47.6 Å². The van der Waals surface area contributed by atoms with Crippen LogP contribution in [0, 0.1) is 0 Å². The van der Waals surface area contributed by atoms with Crippen LogP contribution in [0.4, 0.5) is 0 Å². The number of phenols is 1. The van der Waals surface area contributed by atoms with Crippen LogP contribution in [0.5, 0.6) is 5.75 Å². The van der Waals surface area contributed by atoms with E-state index in [9.17, 15) is 5.11 Å². The fraction of sp³-hybridized carbons (Fsp3) is 0.667. The molecule has 0 bridgehead atoms. The molecule has 0 aliphatic heterocycles. The van der Waals surface area contributed by atoms with Gasteiger partial charge in [-0.3, -0.25) is 0 Å². The lowest BCUT2D eigenvalue weighted by Gasteiger charge is -2.26. The van der Waals surface area contributed by atoms with Gasteiger partial charge in [0, 0.05) is 5.56 Å². The van der Waals surface area contributed by atoms with E-state index in [1.54, 1.807) is 0 Å². The monoisotopic (exact) mass is 262 g/mol. The minimum atomic E-state index is 0.424. The Balaban J connectivity index is 3.49. The Morgan fingerprint density at radius 3 is 1.74 bits per heavy atom. The fourth-order valence-corrected chi connectivity index (χ4v) is 2.77. The Bertz CT molecular complexity index is 408. The van der Waals surface area contributed by atoms with Crippen molar-refractivity contribution in [3.05, 3.63) is 28.8 Å². The summed E-state index contributed by atoms with van der Waals surface area (Å²) in [6, 6.07) is 4.03. The highest BCUT2D eigenvalue weighted by Gasteiger charge is 2.22. The molecular formula is C18H30O. The van der Waals surface area contributed by atoms with E-state index in [1.165, 1.54) is 16.7 Å². The summed E-state index contributed by atoms with van der Waals surface area (Å²) in [6.45, 7) is 13.5. The van der Waals surface area contributed by atoms with Crippen molar-refractivity contribution in [1.82, 2.24) is 0 Å². The Morgan fingerprint density at radius 2 is 1.26 bits per heavy atom. The van der Waals surface area contributed by atoms with Crippen LogP contribution in [0.25, 0.3) is 0 Å². The maximum absolute atomic E-state index is 10.3. The average molecular weight is 262 g/mol. The third-order valence-corrected chi connectivity index (χ3v) is 4.65. The molecule has 19 heavy (non-hydrogen) atoms. The number of phenolic OH excluding ortho intramolecular Hbond substituents is 1. The van der Waals surface area contributed by atoms with Crippen LogP contribution < -0.4 is 0 Å². The quantitative estimate of drug-likeness (QED) is 0.673. The lowest BCUT2D eigenvalue weighted by Crippen LogP contribution is -2.09. The first kappa shape index (κ1) is 16.1. The molecule has 1 N–H and O–H groups in total. The third kappa shape index (κ3) is 3.32. The zero-order valence-corrected chi connectivity index (χ0v) is 13.5. The van der Waals surface area contributed by atoms with Gasteiger partial charge in [-0.05, 0) is 54.2 Å². The second-order valence-electron chi connectivity index (χ2n) is 5.93. The zero-order chi connectivity index (χ0) is 14.6. The van der Waals surface area contributed by atoms with Crippen molar-refractivity contribution in [2.75, 3.05) is 0 Å². The second-order valence-corrected chi connectivity index (χ2v) is 5.93. The van der Waals surface area contributed by atoms with Gasteiger partial charge in [0.15, 0.2) is 0 Å². The molecule has 1 aromatic rings. The van der Waals surface area contributed by atoms with Crippen molar-refractivity contribution in [3.8, 4) is 5.75 Å². The number of benzene rings is 1. The predicted octanol–water partition coefficient (Wildman–Crippen LogP) is 5.93. The summed E-state index contributed by atoms with van der Waals surface area (Å²) >= 11 is 0. The maximum atomic E-state index is 10.3. The summed E-state index contributed by atoms with van der Waals surface area (Å²) in [5.41, 5.74) is 4.03. The molecule has 1 aromatic carbocycles. The first-order valence-electron chi connectivity index (χ1n) is 7.83. The summed E-state index contributed by atoms with van der Waals surface area (Å²) in [5, 5.41) is 10.3. The Kier molecular flexibility index (Phi) is 5.90. The van der Waals surface area contributed by atoms with Crippen LogP contribution in [0.2, 0.25) is 0 Å². The molecule has 0 fully saturated rings. The van der Waals surface area contributed by atoms with Crippen molar-refractivity contribution in [3.63, 3.8) is 0 Å². The Labute approximate surface area is 119 Å². The largest absolute Gasteiger partial charge is 0.508 e. The van der Waals surface area contributed by atoms with Gasteiger partial charge in [-0.2, -0.15) is 0 Å². The van der Waals surface area contributed by atoms with E-state index < -0.39 is 0 Å². The lowest BCUT2D eigenvalue weighted by molar-refractivity contribution is 0.457. The van der Waals surface area contributed by atoms with E-state index >= 15 is 0 Å². The highest BCUT2D eigenvalue weighted by atomic mass is 16.3. The number of aromatic hydroxyl groups is 1. The molecule has 0 saturated heterocycles. The summed E-state index contributed by atoms with van der Waals surface area (Å²) in [4.78, 5) is 0. The predicted molar refractivity (Wildman–Crippen MR) is 84.2 cm³/mol. The van der Waals surface area contributed by atoms with Crippen molar-refractivity contribution in [2.45, 2.75) is 78.6 Å². The topological polar surface area (TPSA) is 20.2 Å². The minimum Gasteiger partial charge on any atom is -0.508 e. The number of hydrogen-bond donors (Lipinski definition) is 1. The van der Waals surface area contributed by atoms with Crippen molar-refractivity contribution in [2.24, 2.45) is 0 Å². The summed E-state index contributed by atoms with van der Waals surface area (Å²) in [5.74, 6) is 1.98. The van der Waals surface area contributed by atoms with E-state index in [1.807, 2.05) is 6.07 Å². The molecule has 1 rings (SSSR count). The van der Waals surface area contributed by atoms with Gasteiger partial charge in [-0.15, -0.1) is 0 Å². The maximum Gasteiger partial charge on any atom is 0.119 e. The molecule has 0 heterocycles. The Morgan fingerprint density at radius 1 is 0.789 bits per heavy atom. The first-order valence-corrected chi connectivity index (χ1v) is 7.83. The van der Waals surface area contributed by atoms with E-state index in [-0.39, 0.29) is 0 Å². The lowest BCUT2D eigenvalue weighted by atomic mass is 9.79. The summed E-state index contributed by atoms with van der Waals surface area (Å²) < 4.78 is 0. The molecule has 108 valence electrons. The second kappa shape index (κ2) is 6.98. The van der Waals surface area contributed by atoms with Crippen LogP contribution in [0.15, 0.2) is 12.1 Å². The van der Waals surface area contributed by atoms with E-state index in [0.717, 1.165) is 19.3 Å². The highest BCUT2D eigenvalue weighted by Crippen LogP contribution is 2.41. The smallest absolute Gasteiger partial charge is 0.119 e. The van der Waals surface area contributed by atoms with Gasteiger partial charge >= 0.3 is 0 Å². The fourth-order valence-electron chi connectivity index (χ4n) is 2.77. The van der Waals surface area contributed by atoms with Crippen LogP contribution in [-0.4, -0.2) is 5.11 Å². The molecule has 0 aliphatic rings. The van der Waals surface area contributed by atoms with Crippen molar-refractivity contribution < 1.29 is 5.11 Å². The summed E-state index contributed by atoms with van der Waals surface area (Å²) in [6.07, 6.45) is 3.34. The zero-order valence-electron chi connectivity index (χ0n) is 13.5. The van der Waals surface area contributed by atoms with Gasteiger partial charge in [-0.25, -0.2) is 0 Å². The van der Waals surface area contributed by atoms with E-state index in [2.05, 4.69) is 47.6 Å². The van der Waals surface area contributed by atoms with Crippen LogP contribution in [-0.2, 0) is 0 Å². The molecule has 3 atom stereocenters.